The minimum atomic E-state index is -0.509. The average molecular weight is 453 g/mol. The van der Waals surface area contributed by atoms with E-state index in [4.69, 9.17) is 10.1 Å². The van der Waals surface area contributed by atoms with Gasteiger partial charge in [-0.15, -0.1) is 11.3 Å². The first kappa shape index (κ1) is 22.2. The third kappa shape index (κ3) is 5.26. The van der Waals surface area contributed by atoms with Crippen LogP contribution in [-0.4, -0.2) is 46.0 Å². The van der Waals surface area contributed by atoms with Gasteiger partial charge in [-0.1, -0.05) is 24.3 Å². The number of Topliss-reactive ketones (excluding diaryl/α,β-unsaturated/α-hetero) is 1. The van der Waals surface area contributed by atoms with E-state index in [1.54, 1.807) is 35.6 Å². The predicted octanol–water partition coefficient (Wildman–Crippen LogP) is 3.40. The van der Waals surface area contributed by atoms with E-state index in [-0.39, 0.29) is 11.7 Å². The van der Waals surface area contributed by atoms with E-state index in [2.05, 4.69) is 15.6 Å². The second-order valence-corrected chi connectivity index (χ2v) is 9.00. The summed E-state index contributed by atoms with van der Waals surface area (Å²) < 4.78 is 1.95. The standard InChI is InChI=1S/C24H28N4O3S/c1-17-11-21(23(31)25-12-18-5-7-19(8-6-18)22(30)15-29)28(13-17)14-20-16-32-24(26-20)27-9-3-2-4-10-27/h5-8,11,13,16,29H,2-4,9-10,12,14-15H2,1H3,(H,25,31). The number of benzene rings is 1. The highest BCUT2D eigenvalue weighted by atomic mass is 32.1. The van der Waals surface area contributed by atoms with Gasteiger partial charge in [-0.05, 0) is 43.4 Å². The number of hydrogen-bond acceptors (Lipinski definition) is 6. The van der Waals surface area contributed by atoms with E-state index in [0.717, 1.165) is 35.0 Å². The van der Waals surface area contributed by atoms with Crippen LogP contribution >= 0.6 is 11.3 Å². The molecule has 8 heteroatoms. The van der Waals surface area contributed by atoms with Crippen LogP contribution < -0.4 is 10.2 Å². The molecule has 168 valence electrons. The fraction of sp³-hybridized carbons (Fsp3) is 0.375. The number of carbonyl (C=O) groups is 2. The third-order valence-corrected chi connectivity index (χ3v) is 6.59. The molecule has 3 aromatic rings. The lowest BCUT2D eigenvalue weighted by atomic mass is 10.1. The van der Waals surface area contributed by atoms with Gasteiger partial charge >= 0.3 is 0 Å². The first-order chi connectivity index (χ1) is 15.5. The maximum absolute atomic E-state index is 12.9. The minimum absolute atomic E-state index is 0.153. The Morgan fingerprint density at radius 3 is 2.62 bits per heavy atom. The van der Waals surface area contributed by atoms with Crippen LogP contribution in [0.15, 0.2) is 41.9 Å². The summed E-state index contributed by atoms with van der Waals surface area (Å²) in [5.41, 5.74) is 3.92. The Kier molecular flexibility index (Phi) is 7.02. The van der Waals surface area contributed by atoms with Gasteiger partial charge in [-0.3, -0.25) is 9.59 Å². The summed E-state index contributed by atoms with van der Waals surface area (Å²) in [7, 11) is 0. The molecule has 1 aliphatic heterocycles. The fourth-order valence-electron chi connectivity index (χ4n) is 3.92. The quantitative estimate of drug-likeness (QED) is 0.512. The number of aryl methyl sites for hydroxylation is 1. The van der Waals surface area contributed by atoms with Crippen molar-refractivity contribution in [3.05, 3.63) is 70.0 Å². The van der Waals surface area contributed by atoms with E-state index >= 15 is 0 Å². The van der Waals surface area contributed by atoms with Gasteiger partial charge in [-0.25, -0.2) is 4.98 Å². The van der Waals surface area contributed by atoms with E-state index in [1.807, 2.05) is 23.8 Å². The van der Waals surface area contributed by atoms with Gasteiger partial charge < -0.3 is 19.9 Å². The van der Waals surface area contributed by atoms with Crippen LogP contribution in [0.2, 0.25) is 0 Å². The molecule has 1 aliphatic rings. The molecule has 0 aliphatic carbocycles. The van der Waals surface area contributed by atoms with Crippen molar-refractivity contribution in [1.82, 2.24) is 14.9 Å². The number of nitrogens with zero attached hydrogens (tertiary/aromatic N) is 3. The number of aliphatic hydroxyl groups excluding tert-OH is 1. The Bertz CT molecular complexity index is 1080. The van der Waals surface area contributed by atoms with Crippen LogP contribution in [0.4, 0.5) is 5.13 Å². The lowest BCUT2D eigenvalue weighted by Crippen LogP contribution is -2.29. The van der Waals surface area contributed by atoms with Crippen molar-refractivity contribution in [2.24, 2.45) is 0 Å². The van der Waals surface area contributed by atoms with Crippen molar-refractivity contribution >= 4 is 28.2 Å². The molecular formula is C24H28N4O3S. The number of thiazole rings is 1. The average Bonchev–Trinajstić information content (AvgIpc) is 3.44. The van der Waals surface area contributed by atoms with Gasteiger partial charge in [-0.2, -0.15) is 0 Å². The van der Waals surface area contributed by atoms with Crippen molar-refractivity contribution in [2.75, 3.05) is 24.6 Å². The first-order valence-corrected chi connectivity index (χ1v) is 11.8. The molecule has 1 aromatic carbocycles. The number of amides is 1. The lowest BCUT2D eigenvalue weighted by molar-refractivity contribution is 0.0902. The molecule has 0 bridgehead atoms. The maximum Gasteiger partial charge on any atom is 0.268 e. The van der Waals surface area contributed by atoms with Crippen LogP contribution in [0.3, 0.4) is 0 Å². The van der Waals surface area contributed by atoms with Gasteiger partial charge in [0.1, 0.15) is 12.3 Å². The summed E-state index contributed by atoms with van der Waals surface area (Å²) in [6, 6.07) is 8.77. The Labute approximate surface area is 191 Å². The number of ketones is 1. The number of hydrogen-bond donors (Lipinski definition) is 2. The molecule has 0 unspecified atom stereocenters. The number of piperidine rings is 1. The largest absolute Gasteiger partial charge is 0.388 e. The van der Waals surface area contributed by atoms with E-state index in [1.165, 1.54) is 19.3 Å². The van der Waals surface area contributed by atoms with Crippen molar-refractivity contribution in [2.45, 2.75) is 39.3 Å². The molecule has 4 rings (SSSR count). The van der Waals surface area contributed by atoms with Crippen molar-refractivity contribution in [3.63, 3.8) is 0 Å². The topological polar surface area (TPSA) is 87.5 Å². The van der Waals surface area contributed by atoms with Crippen molar-refractivity contribution in [1.29, 1.82) is 0 Å². The fourth-order valence-corrected chi connectivity index (χ4v) is 4.79. The van der Waals surface area contributed by atoms with Crippen molar-refractivity contribution < 1.29 is 14.7 Å². The molecule has 0 saturated carbocycles. The zero-order valence-corrected chi connectivity index (χ0v) is 19.0. The summed E-state index contributed by atoms with van der Waals surface area (Å²) in [5.74, 6) is -0.473. The highest BCUT2D eigenvalue weighted by Gasteiger charge is 2.17. The Morgan fingerprint density at radius 2 is 1.91 bits per heavy atom. The zero-order chi connectivity index (χ0) is 22.5. The summed E-state index contributed by atoms with van der Waals surface area (Å²) in [4.78, 5) is 31.6. The SMILES string of the molecule is Cc1cc(C(=O)NCc2ccc(C(=O)CO)cc2)n(Cc2csc(N3CCCCC3)n2)c1. The van der Waals surface area contributed by atoms with Crippen LogP contribution in [0.25, 0.3) is 0 Å². The molecular weight excluding hydrogens is 424 g/mol. The number of carbonyl (C=O) groups excluding carboxylic acids is 2. The normalized spacial score (nSPS) is 13.9. The lowest BCUT2D eigenvalue weighted by Gasteiger charge is -2.25. The molecule has 0 spiro atoms. The van der Waals surface area contributed by atoms with Gasteiger partial charge in [0, 0.05) is 36.8 Å². The third-order valence-electron chi connectivity index (χ3n) is 5.64. The highest BCUT2D eigenvalue weighted by molar-refractivity contribution is 7.13. The molecule has 1 fully saturated rings. The monoisotopic (exact) mass is 452 g/mol. The maximum atomic E-state index is 12.9. The summed E-state index contributed by atoms with van der Waals surface area (Å²) >= 11 is 1.67. The molecule has 32 heavy (non-hydrogen) atoms. The number of nitrogens with one attached hydrogen (secondary N) is 1. The molecule has 1 amide bonds. The molecule has 0 atom stereocenters. The molecule has 1 saturated heterocycles. The van der Waals surface area contributed by atoms with E-state index in [9.17, 15) is 9.59 Å². The first-order valence-electron chi connectivity index (χ1n) is 10.9. The van der Waals surface area contributed by atoms with Crippen LogP contribution in [0.5, 0.6) is 0 Å². The van der Waals surface area contributed by atoms with Gasteiger partial charge in [0.25, 0.3) is 5.91 Å². The van der Waals surface area contributed by atoms with Crippen molar-refractivity contribution in [3.8, 4) is 0 Å². The second-order valence-electron chi connectivity index (χ2n) is 8.16. The van der Waals surface area contributed by atoms with Crippen LogP contribution in [0, 0.1) is 6.92 Å². The van der Waals surface area contributed by atoms with Gasteiger partial charge in [0.2, 0.25) is 0 Å². The Hall–Kier alpha value is -2.97. The molecule has 2 N–H and O–H groups in total. The molecule has 2 aromatic heterocycles. The van der Waals surface area contributed by atoms with Crippen LogP contribution in [-0.2, 0) is 13.1 Å². The smallest absolute Gasteiger partial charge is 0.268 e. The summed E-state index contributed by atoms with van der Waals surface area (Å²) in [5, 5.41) is 15.0. The van der Waals surface area contributed by atoms with E-state index < -0.39 is 6.61 Å². The Morgan fingerprint density at radius 1 is 1.16 bits per heavy atom. The molecule has 3 heterocycles. The minimum Gasteiger partial charge on any atom is -0.388 e. The summed E-state index contributed by atoms with van der Waals surface area (Å²) in [6.45, 7) is 4.51. The van der Waals surface area contributed by atoms with Gasteiger partial charge in [0.05, 0.1) is 12.2 Å². The summed E-state index contributed by atoms with van der Waals surface area (Å²) in [6.07, 6.45) is 5.71. The predicted molar refractivity (Wildman–Crippen MR) is 125 cm³/mol. The number of aliphatic hydroxyl groups is 1. The molecule has 7 nitrogen and oxygen atoms in total. The van der Waals surface area contributed by atoms with Crippen LogP contribution in [0.1, 0.15) is 56.9 Å². The number of anilines is 1. The number of rotatable bonds is 8. The molecule has 0 radical (unpaired) electrons. The van der Waals surface area contributed by atoms with E-state index in [0.29, 0.717) is 24.3 Å². The zero-order valence-electron chi connectivity index (χ0n) is 18.2. The second kappa shape index (κ2) is 10.1. The van der Waals surface area contributed by atoms with Gasteiger partial charge in [0.15, 0.2) is 10.9 Å². The number of aromatic nitrogens is 2. The Balaban J connectivity index is 1.40. The highest BCUT2D eigenvalue weighted by Crippen LogP contribution is 2.25.